The lowest BCUT2D eigenvalue weighted by Crippen LogP contribution is -2.20. The van der Waals surface area contributed by atoms with Crippen LogP contribution in [-0.2, 0) is 19.5 Å². The lowest BCUT2D eigenvalue weighted by atomic mass is 9.99. The Morgan fingerprint density at radius 2 is 1.97 bits per heavy atom. The van der Waals surface area contributed by atoms with Crippen molar-refractivity contribution in [2.24, 2.45) is 5.73 Å². The molecule has 3 N–H and O–H groups in total. The molecule has 1 amide bonds. The van der Waals surface area contributed by atoms with Crippen LogP contribution in [0.4, 0.5) is 0 Å². The summed E-state index contributed by atoms with van der Waals surface area (Å²) in [6.45, 7) is 2.48. The molecule has 0 radical (unpaired) electrons. The van der Waals surface area contributed by atoms with E-state index in [1.807, 2.05) is 6.07 Å². The Kier molecular flexibility index (Phi) is 5.22. The van der Waals surface area contributed by atoms with Crippen molar-refractivity contribution >= 4 is 5.91 Å². The number of methoxy groups -OCH3 is 2. The molecule has 0 fully saturated rings. The van der Waals surface area contributed by atoms with Gasteiger partial charge in [-0.15, -0.1) is 0 Å². The molecule has 4 rings (SSSR count). The molecule has 1 aromatic heterocycles. The smallest absolute Gasteiger partial charge is 0.249 e. The van der Waals surface area contributed by atoms with Gasteiger partial charge in [0.25, 0.3) is 0 Å². The number of carbonyl (C=O) groups is 1. The van der Waals surface area contributed by atoms with Crippen molar-refractivity contribution in [2.45, 2.75) is 19.5 Å². The Morgan fingerprint density at radius 3 is 2.66 bits per heavy atom. The highest BCUT2D eigenvalue weighted by molar-refractivity contribution is 6.02. The largest absolute Gasteiger partial charge is 0.497 e. The average Bonchev–Trinajstić information content (AvgIpc) is 3.32. The first-order chi connectivity index (χ1) is 14.1. The predicted molar refractivity (Wildman–Crippen MR) is 110 cm³/mol. The highest BCUT2D eigenvalue weighted by atomic mass is 16.5. The number of hydrogen-bond acceptors (Lipinski definition) is 5. The van der Waals surface area contributed by atoms with Crippen molar-refractivity contribution in [3.63, 3.8) is 0 Å². The Balaban J connectivity index is 1.63. The number of H-pyrrole nitrogens is 1. The maximum absolute atomic E-state index is 12.1. The predicted octanol–water partition coefficient (Wildman–Crippen LogP) is 2.75. The van der Waals surface area contributed by atoms with Crippen molar-refractivity contribution in [1.82, 2.24) is 15.1 Å². The topological polar surface area (TPSA) is 93.5 Å². The van der Waals surface area contributed by atoms with Crippen LogP contribution >= 0.6 is 0 Å². The lowest BCUT2D eigenvalue weighted by molar-refractivity contribution is 0.1000. The van der Waals surface area contributed by atoms with Gasteiger partial charge in [-0.2, -0.15) is 5.10 Å². The van der Waals surface area contributed by atoms with E-state index >= 15 is 0 Å². The fourth-order valence-corrected chi connectivity index (χ4v) is 3.81. The zero-order chi connectivity index (χ0) is 20.4. The zero-order valence-corrected chi connectivity index (χ0v) is 16.6. The third kappa shape index (κ3) is 3.69. The molecule has 0 saturated carbocycles. The molecule has 7 heteroatoms. The molecule has 0 bridgehead atoms. The fraction of sp³-hybridized carbons (Fsp3) is 0.273. The van der Waals surface area contributed by atoms with Crippen LogP contribution in [0.1, 0.15) is 27.2 Å². The summed E-state index contributed by atoms with van der Waals surface area (Å²) in [4.78, 5) is 14.5. The van der Waals surface area contributed by atoms with Gasteiger partial charge < -0.3 is 15.2 Å². The van der Waals surface area contributed by atoms with Crippen LogP contribution in [0.2, 0.25) is 0 Å². The van der Waals surface area contributed by atoms with Crippen molar-refractivity contribution in [1.29, 1.82) is 0 Å². The van der Waals surface area contributed by atoms with Gasteiger partial charge in [0, 0.05) is 31.3 Å². The lowest BCUT2D eigenvalue weighted by Gasteiger charge is -2.16. The van der Waals surface area contributed by atoms with Gasteiger partial charge in [-0.05, 0) is 18.1 Å². The number of primary amides is 1. The second-order valence-corrected chi connectivity index (χ2v) is 7.09. The van der Waals surface area contributed by atoms with Crippen molar-refractivity contribution in [3.05, 3.63) is 64.8 Å². The number of fused-ring (bicyclic) bond motifs is 1. The molecule has 2 heterocycles. The van der Waals surface area contributed by atoms with Crippen LogP contribution < -0.4 is 15.2 Å². The van der Waals surface area contributed by atoms with Gasteiger partial charge in [0.15, 0.2) is 0 Å². The van der Waals surface area contributed by atoms with E-state index in [1.54, 1.807) is 19.2 Å². The number of carbonyl (C=O) groups excluding carboxylic acids is 1. The van der Waals surface area contributed by atoms with Gasteiger partial charge in [0.1, 0.15) is 17.2 Å². The third-order valence-electron chi connectivity index (χ3n) is 5.31. The molecule has 0 aliphatic carbocycles. The monoisotopic (exact) mass is 392 g/mol. The Bertz CT molecular complexity index is 1030. The second kappa shape index (κ2) is 7.97. The molecule has 2 aromatic carbocycles. The summed E-state index contributed by atoms with van der Waals surface area (Å²) < 4.78 is 10.8. The van der Waals surface area contributed by atoms with Gasteiger partial charge in [0.2, 0.25) is 5.91 Å². The fourth-order valence-electron chi connectivity index (χ4n) is 3.81. The number of benzene rings is 2. The second-order valence-electron chi connectivity index (χ2n) is 7.09. The number of aromatic amines is 1. The van der Waals surface area contributed by atoms with Crippen LogP contribution in [0.25, 0.3) is 11.3 Å². The van der Waals surface area contributed by atoms with E-state index in [1.165, 1.54) is 12.7 Å². The molecule has 0 spiro atoms. The summed E-state index contributed by atoms with van der Waals surface area (Å²) in [6.07, 6.45) is 0.978. The first-order valence-electron chi connectivity index (χ1n) is 9.49. The molecule has 0 unspecified atom stereocenters. The van der Waals surface area contributed by atoms with Crippen LogP contribution in [0.15, 0.2) is 42.5 Å². The molecule has 3 aromatic rings. The highest BCUT2D eigenvalue weighted by Gasteiger charge is 2.29. The average molecular weight is 392 g/mol. The van der Waals surface area contributed by atoms with E-state index in [-0.39, 0.29) is 0 Å². The van der Waals surface area contributed by atoms with Gasteiger partial charge in [0.05, 0.1) is 31.0 Å². The number of nitrogens with one attached hydrogen (secondary N) is 1. The van der Waals surface area contributed by atoms with E-state index in [0.29, 0.717) is 28.3 Å². The number of amides is 1. The summed E-state index contributed by atoms with van der Waals surface area (Å²) in [5.41, 5.74) is 10.7. The first kappa shape index (κ1) is 19.0. The number of rotatable bonds is 7. The van der Waals surface area contributed by atoms with Gasteiger partial charge in [-0.3, -0.25) is 14.8 Å². The van der Waals surface area contributed by atoms with Crippen LogP contribution in [0, 0.1) is 0 Å². The highest BCUT2D eigenvalue weighted by Crippen LogP contribution is 2.40. The van der Waals surface area contributed by atoms with Gasteiger partial charge >= 0.3 is 0 Å². The summed E-state index contributed by atoms with van der Waals surface area (Å²) in [5, 5.41) is 7.62. The van der Waals surface area contributed by atoms with Crippen molar-refractivity contribution < 1.29 is 14.3 Å². The Labute approximate surface area is 169 Å². The summed E-state index contributed by atoms with van der Waals surface area (Å²) in [6, 6.07) is 13.8. The van der Waals surface area contributed by atoms with Gasteiger partial charge in [-0.1, -0.05) is 30.3 Å². The summed E-state index contributed by atoms with van der Waals surface area (Å²) >= 11 is 0. The van der Waals surface area contributed by atoms with E-state index in [4.69, 9.17) is 15.2 Å². The van der Waals surface area contributed by atoms with E-state index in [2.05, 4.69) is 39.4 Å². The molecule has 29 heavy (non-hydrogen) atoms. The molecule has 1 aliphatic rings. The van der Waals surface area contributed by atoms with E-state index < -0.39 is 5.91 Å². The normalized spacial score (nSPS) is 13.3. The van der Waals surface area contributed by atoms with Crippen LogP contribution in [0.5, 0.6) is 11.5 Å². The Morgan fingerprint density at radius 1 is 1.17 bits per heavy atom. The number of hydrogen-bond donors (Lipinski definition) is 2. The number of nitrogens with two attached hydrogens (primary N) is 1. The minimum Gasteiger partial charge on any atom is -0.497 e. The zero-order valence-electron chi connectivity index (χ0n) is 16.6. The molecule has 0 saturated heterocycles. The van der Waals surface area contributed by atoms with E-state index in [9.17, 15) is 4.79 Å². The van der Waals surface area contributed by atoms with Crippen molar-refractivity contribution in [3.8, 4) is 22.8 Å². The van der Waals surface area contributed by atoms with Crippen molar-refractivity contribution in [2.75, 3.05) is 20.8 Å². The SMILES string of the molecule is COc1cc(OC)c(-c2n[nH]c3c2CN(CCc2ccccc2)C3)c(C(N)=O)c1. The quantitative estimate of drug-likeness (QED) is 0.645. The molecule has 0 atom stereocenters. The number of aromatic nitrogens is 2. The summed E-state index contributed by atoms with van der Waals surface area (Å²) in [7, 11) is 3.10. The molecule has 150 valence electrons. The number of ether oxygens (including phenoxy) is 2. The van der Waals surface area contributed by atoms with Gasteiger partial charge in [-0.25, -0.2) is 0 Å². The van der Waals surface area contributed by atoms with E-state index in [0.717, 1.165) is 37.3 Å². The minimum atomic E-state index is -0.548. The minimum absolute atomic E-state index is 0.332. The maximum Gasteiger partial charge on any atom is 0.249 e. The first-order valence-corrected chi connectivity index (χ1v) is 9.49. The standard InChI is InChI=1S/C22H24N4O3/c1-28-15-10-16(22(23)27)20(19(11-15)29-2)21-17-12-26(13-18(17)24-25-21)9-8-14-6-4-3-5-7-14/h3-7,10-11H,8-9,12-13H2,1-2H3,(H2,23,27)(H,24,25). The Hall–Kier alpha value is -3.32. The molecule has 1 aliphatic heterocycles. The number of nitrogens with zero attached hydrogens (tertiary/aromatic N) is 2. The van der Waals surface area contributed by atoms with Crippen LogP contribution in [0.3, 0.4) is 0 Å². The molecule has 7 nitrogen and oxygen atoms in total. The third-order valence-corrected chi connectivity index (χ3v) is 5.31. The molecular weight excluding hydrogens is 368 g/mol. The maximum atomic E-state index is 12.1. The molecular formula is C22H24N4O3. The van der Waals surface area contributed by atoms with Crippen LogP contribution in [-0.4, -0.2) is 41.8 Å². The summed E-state index contributed by atoms with van der Waals surface area (Å²) in [5.74, 6) is 0.471.